The lowest BCUT2D eigenvalue weighted by molar-refractivity contribution is -0.137. The molecule has 1 aromatic heterocycles. The van der Waals surface area contributed by atoms with Crippen molar-refractivity contribution >= 4 is 29.7 Å². The van der Waals surface area contributed by atoms with Gasteiger partial charge in [0.2, 0.25) is 0 Å². The van der Waals surface area contributed by atoms with E-state index in [0.29, 0.717) is 17.5 Å². The van der Waals surface area contributed by atoms with E-state index in [9.17, 15) is 18.0 Å². The van der Waals surface area contributed by atoms with Crippen LogP contribution in [-0.4, -0.2) is 24.4 Å². The summed E-state index contributed by atoms with van der Waals surface area (Å²) in [5, 5.41) is 0. The van der Waals surface area contributed by atoms with Crippen LogP contribution in [0.25, 0.3) is 6.08 Å². The lowest BCUT2D eigenvalue weighted by Crippen LogP contribution is -2.04. The summed E-state index contributed by atoms with van der Waals surface area (Å²) in [6, 6.07) is 6.82. The van der Waals surface area contributed by atoms with Crippen molar-refractivity contribution in [2.45, 2.75) is 6.18 Å². The third-order valence-electron chi connectivity index (χ3n) is 3.03. The molecule has 0 spiro atoms. The topological polar surface area (TPSA) is 63.9 Å². The highest BCUT2D eigenvalue weighted by molar-refractivity contribution is 5.77. The molecule has 25 heavy (non-hydrogen) atoms. The Hall–Kier alpha value is -3.25. The van der Waals surface area contributed by atoms with Gasteiger partial charge >= 0.3 is 6.18 Å². The van der Waals surface area contributed by atoms with E-state index in [1.165, 1.54) is 37.7 Å². The molecular weight excluding hydrogens is 335 g/mol. The first-order chi connectivity index (χ1) is 12.0. The highest BCUT2D eigenvalue weighted by atomic mass is 19.4. The van der Waals surface area contributed by atoms with Crippen LogP contribution < -0.4 is 4.74 Å². The van der Waals surface area contributed by atoms with Gasteiger partial charge in [-0.2, -0.15) is 23.2 Å². The number of aldehydes is 1. The number of rotatable bonds is 5. The zero-order valence-corrected chi connectivity index (χ0v) is 13.0. The highest BCUT2D eigenvalue weighted by Crippen LogP contribution is 2.36. The SMILES string of the molecule is COc1ccc(C(F)(F)F)cc1N=C=Nc1ccncc1/C=C/C=O. The maximum absolute atomic E-state index is 12.8. The molecule has 0 saturated heterocycles. The molecule has 0 N–H and O–H groups in total. The van der Waals surface area contributed by atoms with Crippen LogP contribution in [0.4, 0.5) is 24.5 Å². The summed E-state index contributed by atoms with van der Waals surface area (Å²) in [5.41, 5.74) is 0.0311. The number of hydrogen-bond acceptors (Lipinski definition) is 5. The van der Waals surface area contributed by atoms with E-state index in [1.807, 2.05) is 0 Å². The first kappa shape index (κ1) is 18.1. The number of alkyl halides is 3. The van der Waals surface area contributed by atoms with Crippen molar-refractivity contribution < 1.29 is 22.7 Å². The molecule has 128 valence electrons. The number of hydrogen-bond donors (Lipinski definition) is 0. The minimum atomic E-state index is -4.49. The predicted octanol–water partition coefficient (Wildman–Crippen LogP) is 4.46. The van der Waals surface area contributed by atoms with E-state index in [4.69, 9.17) is 4.74 Å². The predicted molar refractivity (Wildman–Crippen MR) is 86.5 cm³/mol. The van der Waals surface area contributed by atoms with E-state index in [2.05, 4.69) is 21.0 Å². The van der Waals surface area contributed by atoms with Crippen molar-refractivity contribution in [3.63, 3.8) is 0 Å². The number of methoxy groups -OCH3 is 1. The molecule has 0 unspecified atom stereocenters. The smallest absolute Gasteiger partial charge is 0.416 e. The van der Waals surface area contributed by atoms with Gasteiger partial charge < -0.3 is 4.74 Å². The van der Waals surface area contributed by atoms with Gasteiger partial charge in [-0.05, 0) is 36.4 Å². The van der Waals surface area contributed by atoms with Crippen LogP contribution in [-0.2, 0) is 11.0 Å². The quantitative estimate of drug-likeness (QED) is 0.456. The maximum Gasteiger partial charge on any atom is 0.416 e. The molecule has 8 heteroatoms. The Kier molecular flexibility index (Phi) is 5.81. The first-order valence-corrected chi connectivity index (χ1v) is 6.93. The standard InChI is InChI=1S/C17H12F3N3O2/c1-25-16-5-4-13(17(18,19)20)9-15(16)23-11-22-14-6-7-21-10-12(14)3-2-8-24/h2-10H,1H3/b3-2+. The summed E-state index contributed by atoms with van der Waals surface area (Å²) in [4.78, 5) is 22.1. The van der Waals surface area contributed by atoms with Crippen molar-refractivity contribution in [1.29, 1.82) is 0 Å². The fraction of sp³-hybridized carbons (Fsp3) is 0.118. The molecule has 0 aliphatic heterocycles. The van der Waals surface area contributed by atoms with Crippen LogP contribution in [0.3, 0.4) is 0 Å². The van der Waals surface area contributed by atoms with E-state index in [-0.39, 0.29) is 11.4 Å². The summed E-state index contributed by atoms with van der Waals surface area (Å²) in [6.07, 6.45) is 1.82. The molecule has 0 atom stereocenters. The molecule has 1 aromatic carbocycles. The van der Waals surface area contributed by atoms with Crippen molar-refractivity contribution in [3.05, 3.63) is 53.9 Å². The van der Waals surface area contributed by atoms with Crippen LogP contribution in [0.5, 0.6) is 5.75 Å². The van der Waals surface area contributed by atoms with Gasteiger partial charge in [0.1, 0.15) is 23.7 Å². The second kappa shape index (κ2) is 8.03. The van der Waals surface area contributed by atoms with Gasteiger partial charge in [-0.1, -0.05) is 0 Å². The van der Waals surface area contributed by atoms with E-state index in [0.717, 1.165) is 12.1 Å². The molecule has 0 fully saturated rings. The fourth-order valence-corrected chi connectivity index (χ4v) is 1.86. The molecule has 1 heterocycles. The molecule has 0 aliphatic carbocycles. The Bertz CT molecular complexity index is 854. The Balaban J connectivity index is 2.40. The van der Waals surface area contributed by atoms with Gasteiger partial charge in [-0.3, -0.25) is 9.78 Å². The Morgan fingerprint density at radius 3 is 2.64 bits per heavy atom. The Morgan fingerprint density at radius 2 is 1.96 bits per heavy atom. The van der Waals surface area contributed by atoms with Crippen LogP contribution in [0.15, 0.2) is 52.7 Å². The van der Waals surface area contributed by atoms with Crippen molar-refractivity contribution in [3.8, 4) is 5.75 Å². The number of carbonyl (C=O) groups is 1. The molecular formula is C17H12F3N3O2. The lowest BCUT2D eigenvalue weighted by atomic mass is 10.2. The third-order valence-corrected chi connectivity index (χ3v) is 3.03. The van der Waals surface area contributed by atoms with Crippen LogP contribution in [0, 0.1) is 0 Å². The monoisotopic (exact) mass is 347 g/mol. The summed E-state index contributed by atoms with van der Waals surface area (Å²) < 4.78 is 43.4. The third kappa shape index (κ3) is 4.86. The van der Waals surface area contributed by atoms with Crippen molar-refractivity contribution in [1.82, 2.24) is 4.98 Å². The van der Waals surface area contributed by atoms with Gasteiger partial charge in [0, 0.05) is 18.0 Å². The van der Waals surface area contributed by atoms with Gasteiger partial charge in [0.05, 0.1) is 18.4 Å². The molecule has 0 aliphatic rings. The number of pyridine rings is 1. The summed E-state index contributed by atoms with van der Waals surface area (Å²) in [5.74, 6) is 0.159. The number of halogens is 3. The van der Waals surface area contributed by atoms with Crippen molar-refractivity contribution in [2.75, 3.05) is 7.11 Å². The molecule has 0 saturated carbocycles. The van der Waals surface area contributed by atoms with E-state index < -0.39 is 11.7 Å². The van der Waals surface area contributed by atoms with Crippen LogP contribution in [0.1, 0.15) is 11.1 Å². The largest absolute Gasteiger partial charge is 0.494 e. The van der Waals surface area contributed by atoms with Gasteiger partial charge in [0.15, 0.2) is 0 Å². The molecule has 0 radical (unpaired) electrons. The molecule has 2 aromatic rings. The van der Waals surface area contributed by atoms with Crippen molar-refractivity contribution in [2.24, 2.45) is 9.98 Å². The van der Waals surface area contributed by atoms with E-state index in [1.54, 1.807) is 6.07 Å². The molecule has 5 nitrogen and oxygen atoms in total. The maximum atomic E-state index is 12.8. The first-order valence-electron chi connectivity index (χ1n) is 6.93. The van der Waals surface area contributed by atoms with Gasteiger partial charge in [-0.25, -0.2) is 0 Å². The normalized spacial score (nSPS) is 11.0. The number of benzene rings is 1. The number of ether oxygens (including phenoxy) is 1. The molecule has 0 bridgehead atoms. The second-order valence-electron chi connectivity index (χ2n) is 4.64. The zero-order chi connectivity index (χ0) is 18.3. The van der Waals surface area contributed by atoms with Gasteiger partial charge in [0.25, 0.3) is 0 Å². The summed E-state index contributed by atoms with van der Waals surface area (Å²) >= 11 is 0. The average Bonchev–Trinajstić information content (AvgIpc) is 2.60. The second-order valence-corrected chi connectivity index (χ2v) is 4.64. The lowest BCUT2D eigenvalue weighted by Gasteiger charge is -2.09. The fourth-order valence-electron chi connectivity index (χ4n) is 1.86. The summed E-state index contributed by atoms with van der Waals surface area (Å²) in [7, 11) is 1.32. The number of allylic oxidation sites excluding steroid dienone is 1. The average molecular weight is 347 g/mol. The Labute approximate surface area is 141 Å². The summed E-state index contributed by atoms with van der Waals surface area (Å²) in [6.45, 7) is 0. The Morgan fingerprint density at radius 1 is 1.20 bits per heavy atom. The minimum Gasteiger partial charge on any atom is -0.494 e. The minimum absolute atomic E-state index is 0.0554. The number of nitrogens with zero attached hydrogens (tertiary/aromatic N) is 3. The number of aromatic nitrogens is 1. The van der Waals surface area contributed by atoms with Gasteiger partial charge in [-0.15, -0.1) is 0 Å². The van der Waals surface area contributed by atoms with E-state index >= 15 is 0 Å². The zero-order valence-electron chi connectivity index (χ0n) is 13.0. The molecule has 2 rings (SSSR count). The molecule has 0 amide bonds. The highest BCUT2D eigenvalue weighted by Gasteiger charge is 2.31. The number of aliphatic imine (C=N–C) groups is 2. The number of carbonyl (C=O) groups excluding carboxylic acids is 1. The van der Waals surface area contributed by atoms with Crippen LogP contribution >= 0.6 is 0 Å². The van der Waals surface area contributed by atoms with Crippen LogP contribution in [0.2, 0.25) is 0 Å².